The van der Waals surface area contributed by atoms with Crippen LogP contribution in [0.25, 0.3) is 0 Å². The van der Waals surface area contributed by atoms with Gasteiger partial charge < -0.3 is 11.1 Å². The van der Waals surface area contributed by atoms with Gasteiger partial charge in [-0.15, -0.1) is 0 Å². The fraction of sp³-hybridized carbons (Fsp3) is 0.154. The maximum absolute atomic E-state index is 11.9. The highest BCUT2D eigenvalue weighted by molar-refractivity contribution is 6.02. The first-order valence-electron chi connectivity index (χ1n) is 5.67. The summed E-state index contributed by atoms with van der Waals surface area (Å²) >= 11 is 0. The third kappa shape index (κ3) is 2.82. The molecule has 0 spiro atoms. The van der Waals surface area contributed by atoms with Gasteiger partial charge in [0.1, 0.15) is 11.5 Å². The predicted molar refractivity (Wildman–Crippen MR) is 70.2 cm³/mol. The Bertz CT molecular complexity index is 551. The number of benzene rings is 1. The lowest BCUT2D eigenvalue weighted by atomic mass is 10.1. The second-order valence-corrected chi connectivity index (χ2v) is 3.83. The fourth-order valence-corrected chi connectivity index (χ4v) is 1.51. The van der Waals surface area contributed by atoms with Gasteiger partial charge >= 0.3 is 0 Å². The number of carbonyl (C=O) groups is 1. The number of carbonyl (C=O) groups excluding carboxylic acids is 1. The van der Waals surface area contributed by atoms with E-state index in [-0.39, 0.29) is 17.4 Å². The van der Waals surface area contributed by atoms with E-state index in [1.54, 1.807) is 0 Å². The average molecular weight is 242 g/mol. The molecule has 0 aliphatic heterocycles. The number of anilines is 2. The second-order valence-electron chi connectivity index (χ2n) is 3.83. The number of rotatable bonds is 3. The van der Waals surface area contributed by atoms with Gasteiger partial charge in [0.25, 0.3) is 5.91 Å². The first-order chi connectivity index (χ1) is 8.69. The van der Waals surface area contributed by atoms with Crippen molar-refractivity contribution in [2.75, 3.05) is 11.1 Å². The molecule has 0 saturated heterocycles. The number of aromatic nitrogens is 2. The molecule has 0 fully saturated rings. The van der Waals surface area contributed by atoms with E-state index in [1.165, 1.54) is 18.0 Å². The van der Waals surface area contributed by atoms with Gasteiger partial charge in [-0.3, -0.25) is 9.78 Å². The molecule has 0 unspecified atom stereocenters. The summed E-state index contributed by atoms with van der Waals surface area (Å²) in [5, 5.41) is 2.74. The molecule has 0 radical (unpaired) electrons. The van der Waals surface area contributed by atoms with Crippen LogP contribution < -0.4 is 11.1 Å². The largest absolute Gasteiger partial charge is 0.382 e. The Morgan fingerprint density at radius 3 is 2.61 bits per heavy atom. The Kier molecular flexibility index (Phi) is 3.52. The topological polar surface area (TPSA) is 80.9 Å². The molecule has 5 nitrogen and oxygen atoms in total. The molecule has 2 rings (SSSR count). The molecule has 1 amide bonds. The van der Waals surface area contributed by atoms with Gasteiger partial charge in [0, 0.05) is 5.69 Å². The van der Waals surface area contributed by atoms with E-state index in [2.05, 4.69) is 22.2 Å². The number of aryl methyl sites for hydroxylation is 1. The quantitative estimate of drug-likeness (QED) is 0.861. The smallest absolute Gasteiger partial charge is 0.275 e. The Labute approximate surface area is 105 Å². The third-order valence-corrected chi connectivity index (χ3v) is 2.51. The lowest BCUT2D eigenvalue weighted by molar-refractivity contribution is 0.102. The predicted octanol–water partition coefficient (Wildman–Crippen LogP) is 1.87. The van der Waals surface area contributed by atoms with Crippen LogP contribution in [0.5, 0.6) is 0 Å². The zero-order chi connectivity index (χ0) is 13.0. The van der Waals surface area contributed by atoms with E-state index in [4.69, 9.17) is 5.73 Å². The summed E-state index contributed by atoms with van der Waals surface area (Å²) in [4.78, 5) is 19.6. The molecule has 5 heteroatoms. The van der Waals surface area contributed by atoms with Crippen LogP contribution in [0.3, 0.4) is 0 Å². The number of hydrogen-bond acceptors (Lipinski definition) is 4. The highest BCUT2D eigenvalue weighted by Gasteiger charge is 2.08. The van der Waals surface area contributed by atoms with Crippen molar-refractivity contribution >= 4 is 17.4 Å². The van der Waals surface area contributed by atoms with Crippen LogP contribution in [-0.2, 0) is 6.42 Å². The Hall–Kier alpha value is -2.43. The van der Waals surface area contributed by atoms with E-state index in [9.17, 15) is 4.79 Å². The molecule has 0 aliphatic carbocycles. The van der Waals surface area contributed by atoms with Crippen molar-refractivity contribution in [3.05, 3.63) is 47.9 Å². The summed E-state index contributed by atoms with van der Waals surface area (Å²) in [5.74, 6) is -0.0944. The Morgan fingerprint density at radius 2 is 2.00 bits per heavy atom. The van der Waals surface area contributed by atoms with Crippen molar-refractivity contribution in [2.24, 2.45) is 0 Å². The van der Waals surface area contributed by atoms with Crippen LogP contribution >= 0.6 is 0 Å². The SMILES string of the molecule is CCc1ccc(NC(=O)c2cncc(N)n2)cc1. The average Bonchev–Trinajstić information content (AvgIpc) is 2.39. The molecule has 3 N–H and O–H groups in total. The normalized spacial score (nSPS) is 10.1. The number of nitrogens with zero attached hydrogens (tertiary/aromatic N) is 2. The standard InChI is InChI=1S/C13H14N4O/c1-2-9-3-5-10(6-4-9)16-13(18)11-7-15-8-12(14)17-11/h3-8H,2H2,1H3,(H2,14,17)(H,16,18). The fourth-order valence-electron chi connectivity index (χ4n) is 1.51. The van der Waals surface area contributed by atoms with Crippen LogP contribution in [0.4, 0.5) is 11.5 Å². The number of nitrogens with two attached hydrogens (primary N) is 1. The lowest BCUT2D eigenvalue weighted by Crippen LogP contribution is -2.14. The summed E-state index contributed by atoms with van der Waals surface area (Å²) in [5.41, 5.74) is 7.62. The minimum Gasteiger partial charge on any atom is -0.382 e. The van der Waals surface area contributed by atoms with Gasteiger partial charge in [-0.25, -0.2) is 4.98 Å². The van der Waals surface area contributed by atoms with Crippen molar-refractivity contribution in [1.82, 2.24) is 9.97 Å². The highest BCUT2D eigenvalue weighted by Crippen LogP contribution is 2.11. The Morgan fingerprint density at radius 1 is 1.28 bits per heavy atom. The van der Waals surface area contributed by atoms with Crippen molar-refractivity contribution < 1.29 is 4.79 Å². The van der Waals surface area contributed by atoms with Gasteiger partial charge in [-0.1, -0.05) is 19.1 Å². The second kappa shape index (κ2) is 5.27. The van der Waals surface area contributed by atoms with Gasteiger partial charge in [0.2, 0.25) is 0 Å². The molecule has 1 aromatic heterocycles. The van der Waals surface area contributed by atoms with Gasteiger partial charge in [-0.05, 0) is 24.1 Å². The van der Waals surface area contributed by atoms with E-state index in [0.717, 1.165) is 12.1 Å². The first-order valence-corrected chi connectivity index (χ1v) is 5.67. The van der Waals surface area contributed by atoms with Gasteiger partial charge in [0.05, 0.1) is 12.4 Å². The van der Waals surface area contributed by atoms with Crippen LogP contribution in [0, 0.1) is 0 Å². The molecule has 0 atom stereocenters. The molecule has 1 aromatic carbocycles. The van der Waals surface area contributed by atoms with Crippen molar-refractivity contribution in [3.8, 4) is 0 Å². The minimum atomic E-state index is -0.320. The van der Waals surface area contributed by atoms with E-state index in [0.29, 0.717) is 0 Å². The summed E-state index contributed by atoms with van der Waals surface area (Å²) in [7, 11) is 0. The molecular weight excluding hydrogens is 228 g/mol. The molecule has 2 aromatic rings. The molecule has 92 valence electrons. The molecule has 0 saturated carbocycles. The van der Waals surface area contributed by atoms with Crippen LogP contribution in [-0.4, -0.2) is 15.9 Å². The van der Waals surface area contributed by atoms with Crippen molar-refractivity contribution in [1.29, 1.82) is 0 Å². The summed E-state index contributed by atoms with van der Waals surface area (Å²) in [6.07, 6.45) is 3.74. The van der Waals surface area contributed by atoms with E-state index >= 15 is 0 Å². The monoisotopic (exact) mass is 242 g/mol. The minimum absolute atomic E-state index is 0.203. The maximum atomic E-state index is 11.9. The zero-order valence-electron chi connectivity index (χ0n) is 10.1. The van der Waals surface area contributed by atoms with E-state index in [1.807, 2.05) is 24.3 Å². The van der Waals surface area contributed by atoms with Crippen molar-refractivity contribution in [2.45, 2.75) is 13.3 Å². The Balaban J connectivity index is 2.11. The molecule has 0 aliphatic rings. The summed E-state index contributed by atoms with van der Waals surface area (Å²) < 4.78 is 0. The number of nitrogen functional groups attached to an aromatic ring is 1. The third-order valence-electron chi connectivity index (χ3n) is 2.51. The first kappa shape index (κ1) is 12.0. The lowest BCUT2D eigenvalue weighted by Gasteiger charge is -2.05. The van der Waals surface area contributed by atoms with Crippen molar-refractivity contribution in [3.63, 3.8) is 0 Å². The highest BCUT2D eigenvalue weighted by atomic mass is 16.1. The van der Waals surface area contributed by atoms with E-state index < -0.39 is 0 Å². The molecule has 1 heterocycles. The number of nitrogens with one attached hydrogen (secondary N) is 1. The molecular formula is C13H14N4O. The van der Waals surface area contributed by atoms with Gasteiger partial charge in [0.15, 0.2) is 0 Å². The number of amides is 1. The zero-order valence-corrected chi connectivity index (χ0v) is 10.1. The van der Waals surface area contributed by atoms with Gasteiger partial charge in [-0.2, -0.15) is 0 Å². The molecule has 18 heavy (non-hydrogen) atoms. The molecule has 0 bridgehead atoms. The maximum Gasteiger partial charge on any atom is 0.275 e. The number of hydrogen-bond donors (Lipinski definition) is 2. The summed E-state index contributed by atoms with van der Waals surface area (Å²) in [6, 6.07) is 7.66. The summed E-state index contributed by atoms with van der Waals surface area (Å²) in [6.45, 7) is 2.08. The van der Waals surface area contributed by atoms with Crippen LogP contribution in [0.1, 0.15) is 23.0 Å². The van der Waals surface area contributed by atoms with Crippen LogP contribution in [0.15, 0.2) is 36.7 Å². The van der Waals surface area contributed by atoms with Crippen LogP contribution in [0.2, 0.25) is 0 Å².